The van der Waals surface area contributed by atoms with Crippen molar-refractivity contribution in [2.75, 3.05) is 13.3 Å². The minimum absolute atomic E-state index is 0. The number of carbonyl (C=O) groups excluding carboxylic acids is 1. The summed E-state index contributed by atoms with van der Waals surface area (Å²) in [5.41, 5.74) is 0. The molecule has 0 rings (SSSR count). The molecule has 0 aromatic rings. The fourth-order valence-corrected chi connectivity index (χ4v) is 2.48. The third kappa shape index (κ3) is 7.21. The van der Waals surface area contributed by atoms with Crippen LogP contribution in [-0.2, 0) is 9.59 Å². The molecular weight excluding hydrogens is 313 g/mol. The Hall–Kier alpha value is 0.236. The average molecular weight is 340 g/mol. The number of aliphatic hydroxyl groups excluding tert-OH is 1. The van der Waals surface area contributed by atoms with E-state index < -0.39 is 35.2 Å². The van der Waals surface area contributed by atoms with Gasteiger partial charge in [0.25, 0.3) is 0 Å². The maximum atomic E-state index is 11.3. The van der Waals surface area contributed by atoms with Crippen molar-refractivity contribution in [1.82, 2.24) is 0 Å². The second-order valence-corrected chi connectivity index (χ2v) is 5.40. The Balaban J connectivity index is 0. The Labute approximate surface area is 175 Å². The van der Waals surface area contributed by atoms with Gasteiger partial charge in [0.05, 0.1) is 12.5 Å². The van der Waals surface area contributed by atoms with Gasteiger partial charge < -0.3 is 20.1 Å². The van der Waals surface area contributed by atoms with Gasteiger partial charge in [0.1, 0.15) is 6.04 Å². The standard InChI is InChI=1S/C15H27NO5.K/c1-4-5-6-7-8-9-10-16(11-17,12(2)14(18)19)13(3)15(20)21;/h4-5,12-13,17H,6-11H2,1-3H3,(H-,18,19,20,21);/q;+1/b5-4+;. The first-order valence-electron chi connectivity index (χ1n) is 7.35. The van der Waals surface area contributed by atoms with E-state index in [1.54, 1.807) is 0 Å². The van der Waals surface area contributed by atoms with Crippen LogP contribution in [0.2, 0.25) is 0 Å². The second kappa shape index (κ2) is 12.6. The summed E-state index contributed by atoms with van der Waals surface area (Å²) in [5.74, 6) is -2.46. The number of nitrogens with zero attached hydrogens (tertiary/aromatic N) is 1. The van der Waals surface area contributed by atoms with Gasteiger partial charge in [0, 0.05) is 0 Å². The molecule has 2 N–H and O–H groups in total. The molecule has 22 heavy (non-hydrogen) atoms. The Bertz CT molecular complexity index is 353. The van der Waals surface area contributed by atoms with Gasteiger partial charge in [0.2, 0.25) is 0 Å². The summed E-state index contributed by atoms with van der Waals surface area (Å²) in [7, 11) is 0. The van der Waals surface area contributed by atoms with Crippen molar-refractivity contribution in [1.29, 1.82) is 0 Å². The zero-order valence-electron chi connectivity index (χ0n) is 14.1. The van der Waals surface area contributed by atoms with E-state index >= 15 is 0 Å². The van der Waals surface area contributed by atoms with Gasteiger partial charge in [-0.3, -0.25) is 4.48 Å². The van der Waals surface area contributed by atoms with Crippen LogP contribution in [0.25, 0.3) is 0 Å². The van der Waals surface area contributed by atoms with E-state index in [4.69, 9.17) is 0 Å². The van der Waals surface area contributed by atoms with E-state index in [1.165, 1.54) is 13.8 Å². The van der Waals surface area contributed by atoms with Gasteiger partial charge in [-0.2, -0.15) is 0 Å². The number of quaternary nitrogens is 1. The van der Waals surface area contributed by atoms with E-state index in [-0.39, 0.29) is 51.4 Å². The number of unbranched alkanes of at least 4 members (excludes halogenated alkanes) is 3. The molecule has 0 radical (unpaired) electrons. The van der Waals surface area contributed by atoms with E-state index in [0.717, 1.165) is 19.3 Å². The second-order valence-electron chi connectivity index (χ2n) is 5.40. The number of rotatable bonds is 11. The fourth-order valence-electron chi connectivity index (χ4n) is 2.48. The zero-order valence-corrected chi connectivity index (χ0v) is 17.2. The van der Waals surface area contributed by atoms with Crippen LogP contribution in [0.4, 0.5) is 0 Å². The smallest absolute Gasteiger partial charge is 0.544 e. The Morgan fingerprint density at radius 1 is 1.18 bits per heavy atom. The predicted molar refractivity (Wildman–Crippen MR) is 77.1 cm³/mol. The molecule has 3 atom stereocenters. The Morgan fingerprint density at radius 2 is 1.77 bits per heavy atom. The summed E-state index contributed by atoms with van der Waals surface area (Å²) >= 11 is 0. The quantitative estimate of drug-likeness (QED) is 0.143. The van der Waals surface area contributed by atoms with Crippen molar-refractivity contribution >= 4 is 11.9 Å². The van der Waals surface area contributed by atoms with E-state index in [0.29, 0.717) is 13.0 Å². The molecule has 0 saturated carbocycles. The molecule has 0 bridgehead atoms. The number of carboxylic acid groups (broad SMARTS) is 2. The molecule has 0 fully saturated rings. The number of aliphatic hydroxyl groups is 1. The van der Waals surface area contributed by atoms with Crippen LogP contribution in [0.15, 0.2) is 12.2 Å². The predicted octanol–water partition coefficient (Wildman–Crippen LogP) is -2.49. The fraction of sp³-hybridized carbons (Fsp3) is 0.733. The monoisotopic (exact) mass is 340 g/mol. The largest absolute Gasteiger partial charge is 1.00 e. The maximum absolute atomic E-state index is 11.3. The summed E-state index contributed by atoms with van der Waals surface area (Å²) in [6, 6.07) is -2.07. The molecule has 3 unspecified atom stereocenters. The van der Waals surface area contributed by atoms with Crippen LogP contribution < -0.4 is 56.5 Å². The number of carbonyl (C=O) groups is 2. The Morgan fingerprint density at radius 3 is 2.18 bits per heavy atom. The van der Waals surface area contributed by atoms with E-state index in [1.807, 2.05) is 13.0 Å². The van der Waals surface area contributed by atoms with Crippen LogP contribution in [0.1, 0.15) is 46.5 Å². The summed E-state index contributed by atoms with van der Waals surface area (Å²) in [6.45, 7) is 4.54. The van der Waals surface area contributed by atoms with E-state index in [2.05, 4.69) is 6.08 Å². The maximum Gasteiger partial charge on any atom is 1.00 e. The first-order valence-corrected chi connectivity index (χ1v) is 7.35. The summed E-state index contributed by atoms with van der Waals surface area (Å²) in [5, 5.41) is 30.0. The molecule has 6 nitrogen and oxygen atoms in total. The summed E-state index contributed by atoms with van der Waals surface area (Å²) in [6.07, 6.45) is 7.44. The van der Waals surface area contributed by atoms with Gasteiger partial charge in [0.15, 0.2) is 12.8 Å². The van der Waals surface area contributed by atoms with Gasteiger partial charge >= 0.3 is 57.4 Å². The first-order chi connectivity index (χ1) is 9.83. The molecule has 122 valence electrons. The van der Waals surface area contributed by atoms with Crippen molar-refractivity contribution in [3.05, 3.63) is 12.2 Å². The SMILES string of the molecule is C/C=C/CCCCC[N+](CO)(C(C)C(=O)[O-])C(C)C(=O)O.[K+]. The summed E-state index contributed by atoms with van der Waals surface area (Å²) in [4.78, 5) is 22.4. The van der Waals surface area contributed by atoms with Crippen molar-refractivity contribution in [3.8, 4) is 0 Å². The van der Waals surface area contributed by atoms with Crippen LogP contribution in [0.5, 0.6) is 0 Å². The molecule has 0 aliphatic carbocycles. The molecule has 0 spiro atoms. The molecule has 0 saturated heterocycles. The third-order valence-electron chi connectivity index (χ3n) is 4.19. The first kappa shape index (κ1) is 24.5. The van der Waals surface area contributed by atoms with Gasteiger partial charge in [-0.1, -0.05) is 12.2 Å². The van der Waals surface area contributed by atoms with Crippen LogP contribution >= 0.6 is 0 Å². The summed E-state index contributed by atoms with van der Waals surface area (Å²) < 4.78 is -0.402. The topological polar surface area (TPSA) is 97.7 Å². The zero-order chi connectivity index (χ0) is 16.5. The molecule has 7 heteroatoms. The molecule has 0 aliphatic heterocycles. The van der Waals surface area contributed by atoms with Crippen molar-refractivity contribution in [2.24, 2.45) is 0 Å². The van der Waals surface area contributed by atoms with Gasteiger partial charge in [-0.05, 0) is 46.5 Å². The van der Waals surface area contributed by atoms with Crippen LogP contribution in [0, 0.1) is 0 Å². The average Bonchev–Trinajstić information content (AvgIpc) is 2.45. The third-order valence-corrected chi connectivity index (χ3v) is 4.19. The number of carboxylic acids is 2. The molecule has 0 heterocycles. The number of hydrogen-bond donors (Lipinski definition) is 2. The number of hydrogen-bond acceptors (Lipinski definition) is 4. The van der Waals surface area contributed by atoms with Crippen molar-refractivity contribution < 1.29 is 80.8 Å². The van der Waals surface area contributed by atoms with Gasteiger partial charge in [-0.15, -0.1) is 0 Å². The van der Waals surface area contributed by atoms with Crippen LogP contribution in [0.3, 0.4) is 0 Å². The minimum Gasteiger partial charge on any atom is -0.544 e. The molecule has 0 aromatic heterocycles. The van der Waals surface area contributed by atoms with Gasteiger partial charge in [-0.25, -0.2) is 4.79 Å². The van der Waals surface area contributed by atoms with Crippen LogP contribution in [-0.4, -0.2) is 52.0 Å². The minimum atomic E-state index is -1.34. The molecular formula is C15H27KNO5+. The normalized spacial score (nSPS) is 16.5. The molecule has 0 aliphatic rings. The molecule has 0 amide bonds. The molecule has 0 aromatic carbocycles. The van der Waals surface area contributed by atoms with Crippen molar-refractivity contribution in [3.63, 3.8) is 0 Å². The number of aliphatic carboxylic acids is 2. The Kier molecular flexibility index (Phi) is 14.1. The van der Waals surface area contributed by atoms with E-state index in [9.17, 15) is 24.9 Å². The van der Waals surface area contributed by atoms with Crippen molar-refractivity contribution in [2.45, 2.75) is 58.5 Å². The number of allylic oxidation sites excluding steroid dienone is 2.